The molecule has 0 aliphatic carbocycles. The van der Waals surface area contributed by atoms with Gasteiger partial charge in [0.15, 0.2) is 5.96 Å². The first-order valence-corrected chi connectivity index (χ1v) is 7.65. The summed E-state index contributed by atoms with van der Waals surface area (Å²) in [6.07, 6.45) is -5.44. The van der Waals surface area contributed by atoms with E-state index in [9.17, 15) is 18.0 Å². The third kappa shape index (κ3) is 5.18. The van der Waals surface area contributed by atoms with Crippen molar-refractivity contribution in [2.24, 2.45) is 4.99 Å². The zero-order valence-electron chi connectivity index (χ0n) is 13.6. The van der Waals surface area contributed by atoms with E-state index in [4.69, 9.17) is 4.74 Å². The van der Waals surface area contributed by atoms with Gasteiger partial charge in [0, 0.05) is 26.2 Å². The summed E-state index contributed by atoms with van der Waals surface area (Å²) in [6, 6.07) is -0.00958. The van der Waals surface area contributed by atoms with Gasteiger partial charge >= 0.3 is 12.3 Å². The summed E-state index contributed by atoms with van der Waals surface area (Å²) in [4.78, 5) is 19.9. The van der Waals surface area contributed by atoms with Gasteiger partial charge in [0.1, 0.15) is 5.60 Å². The molecule has 23 heavy (non-hydrogen) atoms. The van der Waals surface area contributed by atoms with Crippen molar-refractivity contribution in [2.45, 2.75) is 45.0 Å². The van der Waals surface area contributed by atoms with Crippen LogP contribution in [-0.4, -0.2) is 72.4 Å². The standard InChI is InChI=1S/C14H23F3N4O2/c1-13(2,3)23-12(22)20-6-7-21-10(9-20)8-19-11(21)18-5-4-14(15,16)17/h10H,4-9H2,1-3H3,(H,18,19). The Balaban J connectivity index is 1.82. The van der Waals surface area contributed by atoms with Crippen molar-refractivity contribution >= 4 is 12.1 Å². The molecule has 1 N–H and O–H groups in total. The Morgan fingerprint density at radius 1 is 1.35 bits per heavy atom. The normalized spacial score (nSPS) is 21.8. The van der Waals surface area contributed by atoms with E-state index in [0.717, 1.165) is 0 Å². The van der Waals surface area contributed by atoms with Crippen molar-refractivity contribution in [3.8, 4) is 0 Å². The Labute approximate surface area is 133 Å². The maximum absolute atomic E-state index is 12.2. The van der Waals surface area contributed by atoms with Gasteiger partial charge in [-0.3, -0.25) is 4.99 Å². The molecule has 0 spiro atoms. The SMILES string of the molecule is CC(C)(C)OC(=O)N1CCN2C(NCCC(F)(F)F)=NCC2C1. The lowest BCUT2D eigenvalue weighted by Crippen LogP contribution is -2.57. The predicted molar refractivity (Wildman–Crippen MR) is 79.3 cm³/mol. The third-order valence-corrected chi connectivity index (χ3v) is 3.55. The summed E-state index contributed by atoms with van der Waals surface area (Å²) >= 11 is 0. The zero-order chi connectivity index (χ0) is 17.3. The van der Waals surface area contributed by atoms with E-state index >= 15 is 0 Å². The molecule has 0 aromatic heterocycles. The molecule has 1 atom stereocenters. The number of guanidine groups is 1. The van der Waals surface area contributed by atoms with Crippen LogP contribution in [-0.2, 0) is 4.74 Å². The number of alkyl halides is 3. The minimum absolute atomic E-state index is 0.00958. The smallest absolute Gasteiger partial charge is 0.410 e. The molecule has 1 saturated heterocycles. The van der Waals surface area contributed by atoms with Gasteiger partial charge in [0.05, 0.1) is 19.0 Å². The Morgan fingerprint density at radius 3 is 2.65 bits per heavy atom. The van der Waals surface area contributed by atoms with Crippen LogP contribution in [0.4, 0.5) is 18.0 Å². The highest BCUT2D eigenvalue weighted by Gasteiger charge is 2.36. The molecule has 9 heteroatoms. The molecule has 2 rings (SSSR count). The van der Waals surface area contributed by atoms with Crippen LogP contribution in [0.5, 0.6) is 0 Å². The molecule has 0 aromatic rings. The van der Waals surface area contributed by atoms with Crippen LogP contribution in [0.3, 0.4) is 0 Å². The molecule has 0 saturated carbocycles. The van der Waals surface area contributed by atoms with Crippen molar-refractivity contribution < 1.29 is 22.7 Å². The van der Waals surface area contributed by atoms with Crippen LogP contribution in [0.2, 0.25) is 0 Å². The summed E-state index contributed by atoms with van der Waals surface area (Å²) in [5.41, 5.74) is -0.551. The number of aliphatic imine (C=N–C) groups is 1. The number of piperazine rings is 1. The summed E-state index contributed by atoms with van der Waals surface area (Å²) < 4.78 is 41.9. The summed E-state index contributed by atoms with van der Waals surface area (Å²) in [5.74, 6) is 0.489. The van der Waals surface area contributed by atoms with Crippen molar-refractivity contribution in [3.63, 3.8) is 0 Å². The summed E-state index contributed by atoms with van der Waals surface area (Å²) in [6.45, 7) is 7.15. The highest BCUT2D eigenvalue weighted by atomic mass is 19.4. The minimum Gasteiger partial charge on any atom is -0.444 e. The van der Waals surface area contributed by atoms with Gasteiger partial charge in [-0.15, -0.1) is 0 Å². The monoisotopic (exact) mass is 336 g/mol. The summed E-state index contributed by atoms with van der Waals surface area (Å²) in [7, 11) is 0. The van der Waals surface area contributed by atoms with Crippen molar-refractivity contribution in [1.29, 1.82) is 0 Å². The van der Waals surface area contributed by atoms with E-state index in [1.54, 1.807) is 4.90 Å². The highest BCUT2D eigenvalue weighted by Crippen LogP contribution is 2.20. The number of nitrogens with zero attached hydrogens (tertiary/aromatic N) is 3. The van der Waals surface area contributed by atoms with E-state index in [-0.39, 0.29) is 18.7 Å². The van der Waals surface area contributed by atoms with E-state index in [1.807, 2.05) is 25.7 Å². The second-order valence-corrected chi connectivity index (χ2v) is 6.73. The average molecular weight is 336 g/mol. The number of halogens is 3. The van der Waals surface area contributed by atoms with Crippen LogP contribution in [0.25, 0.3) is 0 Å². The number of ether oxygens (including phenoxy) is 1. The molecule has 1 amide bonds. The fourth-order valence-electron chi connectivity index (χ4n) is 2.54. The number of hydrogen-bond acceptors (Lipinski definition) is 5. The fraction of sp³-hybridized carbons (Fsp3) is 0.857. The number of carbonyl (C=O) groups is 1. The second-order valence-electron chi connectivity index (χ2n) is 6.73. The highest BCUT2D eigenvalue weighted by molar-refractivity contribution is 5.82. The lowest BCUT2D eigenvalue weighted by molar-refractivity contribution is -0.132. The van der Waals surface area contributed by atoms with Crippen molar-refractivity contribution in [1.82, 2.24) is 15.1 Å². The number of carbonyl (C=O) groups excluding carboxylic acids is 1. The van der Waals surface area contributed by atoms with E-state index in [0.29, 0.717) is 32.1 Å². The quantitative estimate of drug-likeness (QED) is 0.836. The number of hydrogen-bond donors (Lipinski definition) is 1. The lowest BCUT2D eigenvalue weighted by atomic mass is 10.2. The first-order chi connectivity index (χ1) is 10.6. The van der Waals surface area contributed by atoms with Gasteiger partial charge < -0.3 is 19.9 Å². The number of nitrogens with one attached hydrogen (secondary N) is 1. The molecular weight excluding hydrogens is 313 g/mol. The minimum atomic E-state index is -4.18. The van der Waals surface area contributed by atoms with Gasteiger partial charge in [-0.25, -0.2) is 4.79 Å². The maximum atomic E-state index is 12.2. The molecule has 132 valence electrons. The number of amides is 1. The third-order valence-electron chi connectivity index (χ3n) is 3.55. The predicted octanol–water partition coefficient (Wildman–Crippen LogP) is 1.82. The van der Waals surface area contributed by atoms with Gasteiger partial charge in [-0.05, 0) is 20.8 Å². The van der Waals surface area contributed by atoms with Crippen LogP contribution in [0.15, 0.2) is 4.99 Å². The van der Waals surface area contributed by atoms with Crippen LogP contribution in [0.1, 0.15) is 27.2 Å². The molecular formula is C14H23F3N4O2. The first-order valence-electron chi connectivity index (χ1n) is 7.65. The number of rotatable bonds is 2. The van der Waals surface area contributed by atoms with Crippen LogP contribution < -0.4 is 5.32 Å². The Morgan fingerprint density at radius 2 is 2.04 bits per heavy atom. The van der Waals surface area contributed by atoms with Gasteiger partial charge in [0.2, 0.25) is 0 Å². The van der Waals surface area contributed by atoms with Gasteiger partial charge in [-0.1, -0.05) is 0 Å². The van der Waals surface area contributed by atoms with Gasteiger partial charge in [0.25, 0.3) is 0 Å². The second kappa shape index (κ2) is 6.45. The van der Waals surface area contributed by atoms with Crippen LogP contribution >= 0.6 is 0 Å². The molecule has 2 aliphatic rings. The average Bonchev–Trinajstić information content (AvgIpc) is 2.78. The molecule has 0 radical (unpaired) electrons. The molecule has 2 aliphatic heterocycles. The zero-order valence-corrected chi connectivity index (χ0v) is 13.6. The van der Waals surface area contributed by atoms with Crippen molar-refractivity contribution in [3.05, 3.63) is 0 Å². The molecule has 0 aromatic carbocycles. The van der Waals surface area contributed by atoms with Crippen molar-refractivity contribution in [2.75, 3.05) is 32.7 Å². The van der Waals surface area contributed by atoms with E-state index in [2.05, 4.69) is 10.3 Å². The Kier molecular flexibility index (Phi) is 4.95. The summed E-state index contributed by atoms with van der Waals surface area (Å²) in [5, 5.41) is 2.74. The molecule has 1 unspecified atom stereocenters. The first kappa shape index (κ1) is 17.7. The molecule has 0 bridgehead atoms. The molecule has 1 fully saturated rings. The van der Waals surface area contributed by atoms with E-state index in [1.165, 1.54) is 0 Å². The maximum Gasteiger partial charge on any atom is 0.410 e. The van der Waals surface area contributed by atoms with Gasteiger partial charge in [-0.2, -0.15) is 13.2 Å². The molecule has 2 heterocycles. The lowest BCUT2D eigenvalue weighted by Gasteiger charge is -2.39. The number of fused-ring (bicyclic) bond motifs is 1. The Hall–Kier alpha value is -1.67. The van der Waals surface area contributed by atoms with Crippen LogP contribution in [0, 0.1) is 0 Å². The van der Waals surface area contributed by atoms with E-state index < -0.39 is 18.2 Å². The fourth-order valence-corrected chi connectivity index (χ4v) is 2.54. The molecule has 6 nitrogen and oxygen atoms in total. The Bertz CT molecular complexity index is 474. The topological polar surface area (TPSA) is 57.2 Å². The largest absolute Gasteiger partial charge is 0.444 e.